The second kappa shape index (κ2) is 10.7. The van der Waals surface area contributed by atoms with Crippen LogP contribution in [0.2, 0.25) is 0 Å². The molecule has 1 unspecified atom stereocenters. The van der Waals surface area contributed by atoms with Gasteiger partial charge in [0.2, 0.25) is 0 Å². The van der Waals surface area contributed by atoms with Gasteiger partial charge in [-0.15, -0.1) is 0 Å². The number of carboxylic acid groups (broad SMARTS) is 1. The summed E-state index contributed by atoms with van der Waals surface area (Å²) in [5, 5.41) is 13.7. The van der Waals surface area contributed by atoms with Gasteiger partial charge in [0, 0.05) is 24.8 Å². The number of aliphatic carboxylic acids is 1. The van der Waals surface area contributed by atoms with Crippen LogP contribution < -0.4 is 14.8 Å². The average molecular weight is 486 g/mol. The number of carboxylic acids is 1. The van der Waals surface area contributed by atoms with Crippen LogP contribution in [0.3, 0.4) is 0 Å². The first-order chi connectivity index (χ1) is 16.8. The SMILES string of the molecule is COc1cc(OC)c(C)c(C2=C(COC3CCCC3)CC(C)(NC3(C(=O)O)CCOCC3)C=C2)c1. The zero-order chi connectivity index (χ0) is 25.1. The number of nitrogens with one attached hydrogen (secondary N) is 1. The largest absolute Gasteiger partial charge is 0.497 e. The maximum Gasteiger partial charge on any atom is 0.324 e. The van der Waals surface area contributed by atoms with Gasteiger partial charge in [-0.05, 0) is 74.3 Å². The van der Waals surface area contributed by atoms with Crippen molar-refractivity contribution in [3.63, 3.8) is 0 Å². The normalized spacial score (nSPS) is 24.6. The third-order valence-electron chi connectivity index (χ3n) is 7.73. The molecule has 35 heavy (non-hydrogen) atoms. The van der Waals surface area contributed by atoms with E-state index in [0.717, 1.165) is 46.6 Å². The second-order valence-corrected chi connectivity index (χ2v) is 10.3. The molecule has 192 valence electrons. The Morgan fingerprint density at radius 1 is 1.17 bits per heavy atom. The topological polar surface area (TPSA) is 86.2 Å². The third-order valence-corrected chi connectivity index (χ3v) is 7.73. The summed E-state index contributed by atoms with van der Waals surface area (Å²) in [6.45, 7) is 5.54. The van der Waals surface area contributed by atoms with E-state index in [2.05, 4.69) is 31.3 Å². The van der Waals surface area contributed by atoms with Crippen molar-refractivity contribution in [3.8, 4) is 11.5 Å². The van der Waals surface area contributed by atoms with Crippen LogP contribution in [0, 0.1) is 6.92 Å². The molecule has 1 aliphatic heterocycles. The highest BCUT2D eigenvalue weighted by molar-refractivity contribution is 5.83. The van der Waals surface area contributed by atoms with Gasteiger partial charge in [0.15, 0.2) is 0 Å². The van der Waals surface area contributed by atoms with Gasteiger partial charge >= 0.3 is 5.97 Å². The van der Waals surface area contributed by atoms with Crippen LogP contribution in [0.4, 0.5) is 0 Å². The first kappa shape index (κ1) is 25.7. The summed E-state index contributed by atoms with van der Waals surface area (Å²) in [6, 6.07) is 3.94. The lowest BCUT2D eigenvalue weighted by molar-refractivity contribution is -0.150. The van der Waals surface area contributed by atoms with Gasteiger partial charge < -0.3 is 24.1 Å². The Balaban J connectivity index is 1.69. The van der Waals surface area contributed by atoms with Crippen LogP contribution >= 0.6 is 0 Å². The minimum atomic E-state index is -0.999. The van der Waals surface area contributed by atoms with Crippen molar-refractivity contribution in [1.29, 1.82) is 0 Å². The predicted octanol–water partition coefficient (Wildman–Crippen LogP) is 4.67. The summed E-state index contributed by atoms with van der Waals surface area (Å²) in [7, 11) is 3.32. The standard InChI is InChI=1S/C28H39NO6/c1-19-24(15-22(32-3)16-25(19)33-4)23-9-10-27(2,17-20(23)18-35-21-7-5-6-8-21)29-28(26(30)31)11-13-34-14-12-28/h9-10,15-16,21,29H,5-8,11-14,17-18H2,1-4H3,(H,30,31). The molecule has 1 saturated heterocycles. The van der Waals surface area contributed by atoms with Crippen LogP contribution in [0.15, 0.2) is 29.9 Å². The molecule has 1 atom stereocenters. The monoisotopic (exact) mass is 485 g/mol. The lowest BCUT2D eigenvalue weighted by Gasteiger charge is -2.43. The van der Waals surface area contributed by atoms with E-state index in [1.54, 1.807) is 14.2 Å². The molecule has 2 aliphatic carbocycles. The van der Waals surface area contributed by atoms with Crippen LogP contribution in [0.5, 0.6) is 11.5 Å². The molecule has 0 amide bonds. The van der Waals surface area contributed by atoms with Gasteiger partial charge in [-0.2, -0.15) is 0 Å². The first-order valence-electron chi connectivity index (χ1n) is 12.7. The van der Waals surface area contributed by atoms with Crippen LogP contribution in [-0.4, -0.2) is 62.3 Å². The van der Waals surface area contributed by atoms with Crippen molar-refractivity contribution < 1.29 is 28.8 Å². The number of allylic oxidation sites excluding steroid dienone is 2. The van der Waals surface area contributed by atoms with E-state index >= 15 is 0 Å². The van der Waals surface area contributed by atoms with Gasteiger partial charge in [0.25, 0.3) is 0 Å². The molecule has 7 heteroatoms. The lowest BCUT2D eigenvalue weighted by atomic mass is 9.78. The number of hydrogen-bond donors (Lipinski definition) is 2. The lowest BCUT2D eigenvalue weighted by Crippen LogP contribution is -2.62. The highest BCUT2D eigenvalue weighted by Gasteiger charge is 2.45. The molecule has 1 heterocycles. The highest BCUT2D eigenvalue weighted by atomic mass is 16.5. The van der Waals surface area contributed by atoms with Crippen molar-refractivity contribution in [2.75, 3.05) is 34.0 Å². The molecule has 0 spiro atoms. The van der Waals surface area contributed by atoms with Crippen LogP contribution in [0.1, 0.15) is 63.0 Å². The molecule has 2 N–H and O–H groups in total. The van der Waals surface area contributed by atoms with Crippen LogP contribution in [0.25, 0.3) is 5.57 Å². The molecule has 1 saturated carbocycles. The Morgan fingerprint density at radius 3 is 2.51 bits per heavy atom. The van der Waals surface area contributed by atoms with Crippen molar-refractivity contribution in [2.45, 2.75) is 76.0 Å². The van der Waals surface area contributed by atoms with E-state index in [-0.39, 0.29) is 6.10 Å². The summed E-state index contributed by atoms with van der Waals surface area (Å²) in [5.41, 5.74) is 2.80. The number of hydrogen-bond acceptors (Lipinski definition) is 6. The Morgan fingerprint density at radius 2 is 1.89 bits per heavy atom. The second-order valence-electron chi connectivity index (χ2n) is 10.3. The molecule has 4 rings (SSSR count). The minimum Gasteiger partial charge on any atom is -0.497 e. The predicted molar refractivity (Wildman–Crippen MR) is 135 cm³/mol. The summed E-state index contributed by atoms with van der Waals surface area (Å²) < 4.78 is 23.0. The summed E-state index contributed by atoms with van der Waals surface area (Å²) >= 11 is 0. The fraction of sp³-hybridized carbons (Fsp3) is 0.607. The molecule has 7 nitrogen and oxygen atoms in total. The van der Waals surface area contributed by atoms with Gasteiger partial charge in [-0.3, -0.25) is 10.1 Å². The highest BCUT2D eigenvalue weighted by Crippen LogP contribution is 2.40. The molecule has 0 bridgehead atoms. The molecular weight excluding hydrogens is 446 g/mol. The van der Waals surface area contributed by atoms with E-state index in [1.165, 1.54) is 12.8 Å². The summed E-state index contributed by atoms with van der Waals surface area (Å²) in [5.74, 6) is 0.690. The molecule has 3 aliphatic rings. The maximum atomic E-state index is 12.3. The number of ether oxygens (including phenoxy) is 4. The third kappa shape index (κ3) is 5.57. The zero-order valence-corrected chi connectivity index (χ0v) is 21.4. The van der Waals surface area contributed by atoms with Crippen molar-refractivity contribution in [3.05, 3.63) is 41.0 Å². The van der Waals surface area contributed by atoms with E-state index in [9.17, 15) is 9.90 Å². The van der Waals surface area contributed by atoms with E-state index in [4.69, 9.17) is 18.9 Å². The van der Waals surface area contributed by atoms with E-state index < -0.39 is 17.0 Å². The van der Waals surface area contributed by atoms with Crippen molar-refractivity contribution in [1.82, 2.24) is 5.32 Å². The Hall–Kier alpha value is -2.35. The zero-order valence-electron chi connectivity index (χ0n) is 21.4. The molecule has 0 aromatic heterocycles. The molecular formula is C28H39NO6. The molecule has 0 radical (unpaired) electrons. The van der Waals surface area contributed by atoms with E-state index in [0.29, 0.717) is 39.1 Å². The number of benzene rings is 1. The average Bonchev–Trinajstić information content (AvgIpc) is 3.37. The smallest absolute Gasteiger partial charge is 0.324 e. The Kier molecular flexibility index (Phi) is 7.89. The number of carbonyl (C=O) groups is 1. The summed E-state index contributed by atoms with van der Waals surface area (Å²) in [4.78, 5) is 12.3. The summed E-state index contributed by atoms with van der Waals surface area (Å²) in [6.07, 6.45) is 10.7. The Labute approximate surface area is 208 Å². The fourth-order valence-corrected chi connectivity index (χ4v) is 5.68. The van der Waals surface area contributed by atoms with Gasteiger partial charge in [0.05, 0.1) is 26.9 Å². The molecule has 1 aromatic rings. The van der Waals surface area contributed by atoms with Crippen LogP contribution in [-0.2, 0) is 14.3 Å². The van der Waals surface area contributed by atoms with E-state index in [1.807, 2.05) is 12.1 Å². The van der Waals surface area contributed by atoms with Crippen molar-refractivity contribution >= 4 is 11.5 Å². The quantitative estimate of drug-likeness (QED) is 0.526. The van der Waals surface area contributed by atoms with Gasteiger partial charge in [-0.1, -0.05) is 25.0 Å². The molecule has 2 fully saturated rings. The molecule has 1 aromatic carbocycles. The minimum absolute atomic E-state index is 0.288. The number of methoxy groups -OCH3 is 2. The Bertz CT molecular complexity index is 987. The van der Waals surface area contributed by atoms with Crippen molar-refractivity contribution in [2.24, 2.45) is 0 Å². The van der Waals surface area contributed by atoms with Gasteiger partial charge in [0.1, 0.15) is 17.0 Å². The maximum absolute atomic E-state index is 12.3. The number of rotatable bonds is 9. The first-order valence-corrected chi connectivity index (χ1v) is 12.7. The fourth-order valence-electron chi connectivity index (χ4n) is 5.68. The van der Waals surface area contributed by atoms with Gasteiger partial charge in [-0.25, -0.2) is 0 Å².